The van der Waals surface area contributed by atoms with Gasteiger partial charge < -0.3 is 15.2 Å². The van der Waals surface area contributed by atoms with Crippen LogP contribution in [0.1, 0.15) is 26.9 Å². The van der Waals surface area contributed by atoms with Gasteiger partial charge in [-0.3, -0.25) is 14.3 Å². The maximum atomic E-state index is 12.1. The van der Waals surface area contributed by atoms with Crippen LogP contribution in [0.3, 0.4) is 0 Å². The van der Waals surface area contributed by atoms with E-state index in [9.17, 15) is 9.59 Å². The molecule has 0 aliphatic carbocycles. The molecule has 2 N–H and O–H groups in total. The number of aromatic nitrogens is 4. The minimum absolute atomic E-state index is 0.148. The van der Waals surface area contributed by atoms with Crippen molar-refractivity contribution in [2.24, 2.45) is 0 Å². The van der Waals surface area contributed by atoms with E-state index in [1.807, 2.05) is 0 Å². The summed E-state index contributed by atoms with van der Waals surface area (Å²) in [4.78, 5) is 28.1. The Labute approximate surface area is 173 Å². The number of rotatable bonds is 7. The van der Waals surface area contributed by atoms with Crippen LogP contribution < -0.4 is 10.6 Å². The Kier molecular flexibility index (Phi) is 6.50. The number of carbonyl (C=O) groups excluding carboxylic acids is 2. The highest BCUT2D eigenvalue weighted by Crippen LogP contribution is 2.20. The van der Waals surface area contributed by atoms with Gasteiger partial charge in [-0.1, -0.05) is 40.0 Å². The van der Waals surface area contributed by atoms with Gasteiger partial charge in [0.2, 0.25) is 0 Å². The van der Waals surface area contributed by atoms with Gasteiger partial charge in [-0.2, -0.15) is 10.1 Å². The van der Waals surface area contributed by atoms with Crippen molar-refractivity contribution in [3.05, 3.63) is 62.9 Å². The van der Waals surface area contributed by atoms with Crippen LogP contribution in [0.25, 0.3) is 0 Å². The third kappa shape index (κ3) is 5.22. The average molecular weight is 444 g/mol. The zero-order valence-corrected chi connectivity index (χ0v) is 16.4. The fourth-order valence-corrected chi connectivity index (χ4v) is 2.71. The molecule has 9 nitrogen and oxygen atoms in total. The van der Waals surface area contributed by atoms with Crippen molar-refractivity contribution in [1.29, 1.82) is 0 Å². The van der Waals surface area contributed by atoms with E-state index in [0.29, 0.717) is 10.0 Å². The van der Waals surface area contributed by atoms with E-state index >= 15 is 0 Å². The van der Waals surface area contributed by atoms with Gasteiger partial charge in [-0.15, -0.1) is 0 Å². The Hall–Kier alpha value is -2.62. The Morgan fingerprint density at radius 2 is 1.82 bits per heavy atom. The Bertz CT molecular complexity index is 1000. The predicted molar refractivity (Wildman–Crippen MR) is 102 cm³/mol. The van der Waals surface area contributed by atoms with Crippen LogP contribution in [-0.2, 0) is 6.54 Å². The first kappa shape index (κ1) is 20.1. The summed E-state index contributed by atoms with van der Waals surface area (Å²) in [5, 5.41) is 14.0. The zero-order chi connectivity index (χ0) is 20.1. The van der Waals surface area contributed by atoms with Crippen LogP contribution >= 0.6 is 34.8 Å². The second kappa shape index (κ2) is 9.05. The molecular formula is C16H13Cl3N6O3. The lowest BCUT2D eigenvalue weighted by atomic mass is 10.2. The minimum Gasteiger partial charge on any atom is -0.350 e. The van der Waals surface area contributed by atoms with E-state index in [-0.39, 0.29) is 41.9 Å². The largest absolute Gasteiger partial charge is 0.350 e. The molecule has 0 unspecified atom stereocenters. The summed E-state index contributed by atoms with van der Waals surface area (Å²) in [6, 6.07) is 4.58. The normalized spacial score (nSPS) is 10.7. The van der Waals surface area contributed by atoms with Gasteiger partial charge >= 0.3 is 11.8 Å². The summed E-state index contributed by atoms with van der Waals surface area (Å²) in [6.45, 7) is 0.523. The lowest BCUT2D eigenvalue weighted by Gasteiger charge is -2.07. The molecule has 146 valence electrons. The second-order valence-electron chi connectivity index (χ2n) is 5.51. The molecule has 0 atom stereocenters. The first-order chi connectivity index (χ1) is 13.4. The summed E-state index contributed by atoms with van der Waals surface area (Å²) in [6.07, 6.45) is 3.06. The number of hydrogen-bond acceptors (Lipinski definition) is 6. The summed E-state index contributed by atoms with van der Waals surface area (Å²) >= 11 is 17.6. The van der Waals surface area contributed by atoms with Gasteiger partial charge in [0, 0.05) is 24.3 Å². The van der Waals surface area contributed by atoms with Crippen molar-refractivity contribution in [2.75, 3.05) is 13.1 Å². The van der Waals surface area contributed by atoms with Crippen LogP contribution in [0.2, 0.25) is 15.1 Å². The van der Waals surface area contributed by atoms with Crippen LogP contribution in [0.15, 0.2) is 35.1 Å². The molecule has 1 aromatic carbocycles. The maximum absolute atomic E-state index is 12.1. The monoisotopic (exact) mass is 442 g/mol. The fraction of sp³-hybridized carbons (Fsp3) is 0.188. The molecule has 2 heterocycles. The molecule has 12 heteroatoms. The van der Waals surface area contributed by atoms with E-state index in [0.717, 1.165) is 0 Å². The van der Waals surface area contributed by atoms with Gasteiger partial charge in [0.05, 0.1) is 21.8 Å². The smallest absolute Gasteiger partial charge is 0.316 e. The molecule has 0 spiro atoms. The van der Waals surface area contributed by atoms with Gasteiger partial charge in [0.25, 0.3) is 5.91 Å². The molecular weight excluding hydrogens is 431 g/mol. The number of halogens is 3. The van der Waals surface area contributed by atoms with E-state index in [2.05, 4.69) is 25.9 Å². The highest BCUT2D eigenvalue weighted by atomic mass is 35.5. The van der Waals surface area contributed by atoms with E-state index in [1.165, 1.54) is 23.0 Å². The summed E-state index contributed by atoms with van der Waals surface area (Å²) in [5.74, 6) is -0.890. The standard InChI is InChI=1S/C16H13Cl3N6O3/c17-9-1-2-12(19)11(5-9)14(26)20-3-4-21-15(27)16-23-13(24-28-16)8-25-7-10(18)6-22-25/h1-2,5-7H,3-4,8H2,(H,20,26)(H,21,27). The molecule has 0 aliphatic heterocycles. The molecule has 3 rings (SSSR count). The number of nitrogens with zero attached hydrogens (tertiary/aromatic N) is 4. The van der Waals surface area contributed by atoms with Gasteiger partial charge in [0.1, 0.15) is 6.54 Å². The van der Waals surface area contributed by atoms with Gasteiger partial charge in [-0.25, -0.2) is 0 Å². The third-order valence-corrected chi connectivity index (χ3v) is 4.20. The van der Waals surface area contributed by atoms with Crippen molar-refractivity contribution in [3.63, 3.8) is 0 Å². The van der Waals surface area contributed by atoms with E-state index in [1.54, 1.807) is 12.3 Å². The maximum Gasteiger partial charge on any atom is 0.316 e. The SMILES string of the molecule is O=C(NCCNC(=O)c1cc(Cl)ccc1Cl)c1nc(Cn2cc(Cl)cn2)no1. The van der Waals surface area contributed by atoms with E-state index < -0.39 is 11.8 Å². The number of hydrogen-bond donors (Lipinski definition) is 2. The minimum atomic E-state index is -0.563. The zero-order valence-electron chi connectivity index (χ0n) is 14.2. The van der Waals surface area contributed by atoms with Gasteiger partial charge in [0.15, 0.2) is 5.82 Å². The molecule has 0 aliphatic rings. The summed E-state index contributed by atoms with van der Waals surface area (Å²) < 4.78 is 6.42. The molecule has 0 radical (unpaired) electrons. The molecule has 28 heavy (non-hydrogen) atoms. The summed E-state index contributed by atoms with van der Waals surface area (Å²) in [5.41, 5.74) is 0.251. The summed E-state index contributed by atoms with van der Waals surface area (Å²) in [7, 11) is 0. The number of carbonyl (C=O) groups is 2. The molecule has 0 saturated heterocycles. The van der Waals surface area contributed by atoms with Crippen LogP contribution in [0.4, 0.5) is 0 Å². The molecule has 3 aromatic rings. The topological polar surface area (TPSA) is 115 Å². The fourth-order valence-electron chi connectivity index (χ4n) is 2.17. The number of benzene rings is 1. The molecule has 2 amide bonds. The predicted octanol–water partition coefficient (Wildman–Crippen LogP) is 2.43. The lowest BCUT2D eigenvalue weighted by Crippen LogP contribution is -2.35. The molecule has 0 bridgehead atoms. The average Bonchev–Trinajstić information content (AvgIpc) is 3.29. The first-order valence-electron chi connectivity index (χ1n) is 7.94. The van der Waals surface area contributed by atoms with Crippen molar-refractivity contribution in [3.8, 4) is 0 Å². The van der Waals surface area contributed by atoms with Crippen LogP contribution in [0, 0.1) is 0 Å². The van der Waals surface area contributed by atoms with Crippen LogP contribution in [-0.4, -0.2) is 44.8 Å². The number of amides is 2. The van der Waals surface area contributed by atoms with Crippen molar-refractivity contribution < 1.29 is 14.1 Å². The second-order valence-corrected chi connectivity index (χ2v) is 6.79. The van der Waals surface area contributed by atoms with Crippen molar-refractivity contribution >= 4 is 46.6 Å². The lowest BCUT2D eigenvalue weighted by molar-refractivity contribution is 0.0898. The Balaban J connectivity index is 1.45. The van der Waals surface area contributed by atoms with Crippen molar-refractivity contribution in [1.82, 2.24) is 30.6 Å². The quantitative estimate of drug-likeness (QED) is 0.542. The molecule has 0 fully saturated rings. The Morgan fingerprint density at radius 1 is 1.07 bits per heavy atom. The van der Waals surface area contributed by atoms with Crippen LogP contribution in [0.5, 0.6) is 0 Å². The van der Waals surface area contributed by atoms with E-state index in [4.69, 9.17) is 39.3 Å². The van der Waals surface area contributed by atoms with Gasteiger partial charge in [-0.05, 0) is 18.2 Å². The highest BCUT2D eigenvalue weighted by molar-refractivity contribution is 6.35. The number of nitrogens with one attached hydrogen (secondary N) is 2. The molecule has 0 saturated carbocycles. The third-order valence-electron chi connectivity index (χ3n) is 3.44. The first-order valence-corrected chi connectivity index (χ1v) is 9.08. The highest BCUT2D eigenvalue weighted by Gasteiger charge is 2.16. The Morgan fingerprint density at radius 3 is 2.54 bits per heavy atom. The molecule has 2 aromatic heterocycles. The van der Waals surface area contributed by atoms with Crippen molar-refractivity contribution in [2.45, 2.75) is 6.54 Å².